The summed E-state index contributed by atoms with van der Waals surface area (Å²) in [7, 11) is 2.02. The minimum Gasteiger partial charge on any atom is -0.376 e. The fourth-order valence-electron chi connectivity index (χ4n) is 2.55. The Kier molecular flexibility index (Phi) is 4.18. The van der Waals surface area contributed by atoms with Gasteiger partial charge in [-0.15, -0.1) is 0 Å². The molecule has 0 aromatic carbocycles. The molecule has 1 aromatic heterocycles. The zero-order chi connectivity index (χ0) is 12.3. The average Bonchev–Trinajstić information content (AvgIpc) is 2.95. The summed E-state index contributed by atoms with van der Waals surface area (Å²) in [5.74, 6) is 0.647. The Morgan fingerprint density at radius 2 is 2.47 bits per heavy atom. The lowest BCUT2D eigenvalue weighted by molar-refractivity contribution is 0.0634. The number of nitrogens with zero attached hydrogens (tertiary/aromatic N) is 2. The van der Waals surface area contributed by atoms with E-state index in [0.29, 0.717) is 18.1 Å². The maximum absolute atomic E-state index is 5.83. The predicted molar refractivity (Wildman–Crippen MR) is 68.0 cm³/mol. The maximum Gasteiger partial charge on any atom is 0.0757 e. The van der Waals surface area contributed by atoms with E-state index in [2.05, 4.69) is 30.5 Å². The van der Waals surface area contributed by atoms with Crippen molar-refractivity contribution in [2.24, 2.45) is 5.92 Å². The van der Waals surface area contributed by atoms with Crippen LogP contribution < -0.4 is 5.32 Å². The van der Waals surface area contributed by atoms with Crippen molar-refractivity contribution in [3.63, 3.8) is 0 Å². The number of hydrogen-bond donors (Lipinski definition) is 1. The van der Waals surface area contributed by atoms with Crippen LogP contribution in [0.1, 0.15) is 25.8 Å². The molecule has 3 atom stereocenters. The lowest BCUT2D eigenvalue weighted by Crippen LogP contribution is -2.41. The van der Waals surface area contributed by atoms with Crippen molar-refractivity contribution >= 4 is 0 Å². The van der Waals surface area contributed by atoms with Crippen molar-refractivity contribution < 1.29 is 4.74 Å². The predicted octanol–water partition coefficient (Wildman–Crippen LogP) is 1.46. The van der Waals surface area contributed by atoms with Gasteiger partial charge < -0.3 is 10.1 Å². The number of rotatable bonds is 5. The van der Waals surface area contributed by atoms with E-state index in [0.717, 1.165) is 19.6 Å². The molecular weight excluding hydrogens is 214 g/mol. The van der Waals surface area contributed by atoms with Crippen LogP contribution in [0.3, 0.4) is 0 Å². The Labute approximate surface area is 103 Å². The van der Waals surface area contributed by atoms with E-state index in [9.17, 15) is 0 Å². The zero-order valence-corrected chi connectivity index (χ0v) is 11.0. The molecule has 3 unspecified atom stereocenters. The van der Waals surface area contributed by atoms with E-state index in [1.165, 1.54) is 12.0 Å². The molecular formula is C13H23N3O. The normalized spacial score (nSPS) is 26.3. The molecule has 0 saturated carbocycles. The van der Waals surface area contributed by atoms with E-state index < -0.39 is 0 Å². The molecule has 1 saturated heterocycles. The molecule has 1 aromatic rings. The first-order chi connectivity index (χ1) is 8.24. The summed E-state index contributed by atoms with van der Waals surface area (Å²) >= 11 is 0. The summed E-state index contributed by atoms with van der Waals surface area (Å²) in [6.45, 7) is 6.21. The van der Waals surface area contributed by atoms with Crippen LogP contribution in [-0.4, -0.2) is 35.6 Å². The topological polar surface area (TPSA) is 39.1 Å². The van der Waals surface area contributed by atoms with Crippen molar-refractivity contribution in [3.05, 3.63) is 18.0 Å². The second-order valence-corrected chi connectivity index (χ2v) is 4.90. The summed E-state index contributed by atoms with van der Waals surface area (Å²) in [5.41, 5.74) is 1.29. The van der Waals surface area contributed by atoms with Gasteiger partial charge in [-0.1, -0.05) is 6.92 Å². The van der Waals surface area contributed by atoms with E-state index in [1.807, 2.05) is 17.9 Å². The molecule has 0 aliphatic carbocycles. The van der Waals surface area contributed by atoms with Gasteiger partial charge >= 0.3 is 0 Å². The molecule has 4 nitrogen and oxygen atoms in total. The van der Waals surface area contributed by atoms with Crippen LogP contribution in [0.4, 0.5) is 0 Å². The number of hydrogen-bond acceptors (Lipinski definition) is 3. The highest BCUT2D eigenvalue weighted by Crippen LogP contribution is 2.24. The highest BCUT2D eigenvalue weighted by molar-refractivity contribution is 5.07. The largest absolute Gasteiger partial charge is 0.376 e. The van der Waals surface area contributed by atoms with Crippen LogP contribution in [0.5, 0.6) is 0 Å². The lowest BCUT2D eigenvalue weighted by Gasteiger charge is -2.25. The summed E-state index contributed by atoms with van der Waals surface area (Å²) in [5, 5.41) is 7.70. The van der Waals surface area contributed by atoms with Crippen LogP contribution >= 0.6 is 0 Å². The lowest BCUT2D eigenvalue weighted by atomic mass is 9.94. The molecule has 0 radical (unpaired) electrons. The highest BCUT2D eigenvalue weighted by Gasteiger charge is 2.31. The second kappa shape index (κ2) is 5.65. The summed E-state index contributed by atoms with van der Waals surface area (Å²) < 4.78 is 7.81. The molecule has 0 amide bonds. The van der Waals surface area contributed by atoms with Crippen LogP contribution in [0.25, 0.3) is 0 Å². The van der Waals surface area contributed by atoms with Gasteiger partial charge in [0.2, 0.25) is 0 Å². The minimum atomic E-state index is 0.338. The Hall–Kier alpha value is -0.870. The first kappa shape index (κ1) is 12.6. The molecule has 96 valence electrons. The quantitative estimate of drug-likeness (QED) is 0.842. The monoisotopic (exact) mass is 237 g/mol. The molecule has 4 heteroatoms. The van der Waals surface area contributed by atoms with Crippen LogP contribution in [0.15, 0.2) is 12.4 Å². The van der Waals surface area contributed by atoms with Gasteiger partial charge in [0.05, 0.1) is 12.3 Å². The Morgan fingerprint density at radius 3 is 3.00 bits per heavy atom. The third-order valence-electron chi connectivity index (χ3n) is 3.68. The summed E-state index contributed by atoms with van der Waals surface area (Å²) in [6, 6.07) is 0.391. The van der Waals surface area contributed by atoms with Crippen LogP contribution in [-0.2, 0) is 17.7 Å². The zero-order valence-electron chi connectivity index (χ0n) is 11.0. The fraction of sp³-hybridized carbons (Fsp3) is 0.769. The maximum atomic E-state index is 5.83. The van der Waals surface area contributed by atoms with Gasteiger partial charge in [-0.3, -0.25) is 4.68 Å². The molecule has 2 heterocycles. The van der Waals surface area contributed by atoms with Gasteiger partial charge in [-0.25, -0.2) is 0 Å². The summed E-state index contributed by atoms with van der Waals surface area (Å²) in [6.07, 6.45) is 6.60. The first-order valence-corrected chi connectivity index (χ1v) is 6.54. The molecule has 1 N–H and O–H groups in total. The SMILES string of the molecule is CCn1cc(CC(NC)C2OCCC2C)cn1. The van der Waals surface area contributed by atoms with Gasteiger partial charge in [-0.2, -0.15) is 5.10 Å². The third-order valence-corrected chi connectivity index (χ3v) is 3.68. The average molecular weight is 237 g/mol. The molecule has 2 rings (SSSR count). The molecule has 0 spiro atoms. The van der Waals surface area contributed by atoms with Crippen molar-refractivity contribution in [3.8, 4) is 0 Å². The summed E-state index contributed by atoms with van der Waals surface area (Å²) in [4.78, 5) is 0. The minimum absolute atomic E-state index is 0.338. The van der Waals surface area contributed by atoms with Crippen molar-refractivity contribution in [1.29, 1.82) is 0 Å². The first-order valence-electron chi connectivity index (χ1n) is 6.54. The van der Waals surface area contributed by atoms with Crippen LogP contribution in [0.2, 0.25) is 0 Å². The standard InChI is InChI=1S/C13H23N3O/c1-4-16-9-11(8-15-16)7-12(14-3)13-10(2)5-6-17-13/h8-10,12-14H,4-7H2,1-3H3. The Bertz CT molecular complexity index is 350. The van der Waals surface area contributed by atoms with E-state index in [1.54, 1.807) is 0 Å². The van der Waals surface area contributed by atoms with Crippen molar-refractivity contribution in [1.82, 2.24) is 15.1 Å². The van der Waals surface area contributed by atoms with Crippen molar-refractivity contribution in [2.45, 2.75) is 45.4 Å². The Morgan fingerprint density at radius 1 is 1.65 bits per heavy atom. The van der Waals surface area contributed by atoms with Gasteiger partial charge in [0.1, 0.15) is 0 Å². The van der Waals surface area contributed by atoms with Gasteiger partial charge in [0.25, 0.3) is 0 Å². The highest BCUT2D eigenvalue weighted by atomic mass is 16.5. The van der Waals surface area contributed by atoms with Gasteiger partial charge in [0, 0.05) is 25.4 Å². The molecule has 0 bridgehead atoms. The number of aromatic nitrogens is 2. The van der Waals surface area contributed by atoms with Gasteiger partial charge in [-0.05, 0) is 38.3 Å². The van der Waals surface area contributed by atoms with Crippen molar-refractivity contribution in [2.75, 3.05) is 13.7 Å². The number of aryl methyl sites for hydroxylation is 1. The number of likely N-dealkylation sites (N-methyl/N-ethyl adjacent to an activating group) is 1. The van der Waals surface area contributed by atoms with Crippen LogP contribution in [0, 0.1) is 5.92 Å². The fourth-order valence-corrected chi connectivity index (χ4v) is 2.55. The van der Waals surface area contributed by atoms with E-state index >= 15 is 0 Å². The number of nitrogens with one attached hydrogen (secondary N) is 1. The molecule has 1 fully saturated rings. The van der Waals surface area contributed by atoms with Gasteiger partial charge in [0.15, 0.2) is 0 Å². The smallest absolute Gasteiger partial charge is 0.0757 e. The second-order valence-electron chi connectivity index (χ2n) is 4.90. The van der Waals surface area contributed by atoms with E-state index in [4.69, 9.17) is 4.74 Å². The van der Waals surface area contributed by atoms with E-state index in [-0.39, 0.29) is 0 Å². The number of ether oxygens (including phenoxy) is 1. The Balaban J connectivity index is 1.99. The molecule has 17 heavy (non-hydrogen) atoms. The molecule has 1 aliphatic heterocycles. The molecule has 1 aliphatic rings. The third kappa shape index (κ3) is 2.87.